The fraction of sp³-hybridized carbons (Fsp3) is 0.407. The Balaban J connectivity index is 1.86. The number of anilines is 2. The molecule has 1 aliphatic heterocycles. The first-order chi connectivity index (χ1) is 15.2. The fourth-order valence-electron chi connectivity index (χ4n) is 4.74. The molecule has 0 spiro atoms. The zero-order valence-electron chi connectivity index (χ0n) is 19.4. The molecular weight excluding hydrogens is 398 g/mol. The minimum atomic E-state index is -0.323. The summed E-state index contributed by atoms with van der Waals surface area (Å²) in [5.74, 6) is 0.485. The fourth-order valence-corrected chi connectivity index (χ4v) is 4.74. The monoisotopic (exact) mass is 431 g/mol. The summed E-state index contributed by atoms with van der Waals surface area (Å²) in [5.41, 5.74) is 4.52. The molecule has 5 heteroatoms. The molecule has 1 aliphatic carbocycles. The van der Waals surface area contributed by atoms with Crippen LogP contribution in [0.2, 0.25) is 0 Å². The number of rotatable bonds is 5. The first-order valence-electron chi connectivity index (χ1n) is 11.5. The number of carbonyl (C=O) groups is 2. The second kappa shape index (κ2) is 8.81. The molecule has 1 heterocycles. The summed E-state index contributed by atoms with van der Waals surface area (Å²) in [4.78, 5) is 28.6. The van der Waals surface area contributed by atoms with Gasteiger partial charge in [-0.2, -0.15) is 0 Å². The predicted molar refractivity (Wildman–Crippen MR) is 129 cm³/mol. The van der Waals surface area contributed by atoms with Crippen molar-refractivity contribution in [3.8, 4) is 0 Å². The van der Waals surface area contributed by atoms with Gasteiger partial charge in [-0.3, -0.25) is 9.59 Å². The molecule has 1 atom stereocenters. The van der Waals surface area contributed by atoms with Gasteiger partial charge in [0.25, 0.3) is 0 Å². The van der Waals surface area contributed by atoms with Crippen molar-refractivity contribution in [1.29, 1.82) is 0 Å². The molecule has 2 aromatic rings. The van der Waals surface area contributed by atoms with Gasteiger partial charge in [-0.15, -0.1) is 0 Å². The van der Waals surface area contributed by atoms with E-state index < -0.39 is 0 Å². The molecule has 0 saturated heterocycles. The highest BCUT2D eigenvalue weighted by Gasteiger charge is 2.41. The van der Waals surface area contributed by atoms with Crippen molar-refractivity contribution in [2.75, 3.05) is 23.3 Å². The van der Waals surface area contributed by atoms with Gasteiger partial charge in [0.15, 0.2) is 5.78 Å². The van der Waals surface area contributed by atoms with E-state index in [1.807, 2.05) is 42.5 Å². The smallest absolute Gasteiger partial charge is 0.239 e. The summed E-state index contributed by atoms with van der Waals surface area (Å²) in [6.45, 7) is 9.25. The molecule has 0 aromatic heterocycles. The Morgan fingerprint density at radius 1 is 1.09 bits per heavy atom. The Kier molecular flexibility index (Phi) is 6.09. The first kappa shape index (κ1) is 22.1. The topological polar surface area (TPSA) is 61.4 Å². The van der Waals surface area contributed by atoms with Crippen molar-refractivity contribution >= 4 is 23.1 Å². The van der Waals surface area contributed by atoms with Gasteiger partial charge < -0.3 is 15.5 Å². The van der Waals surface area contributed by atoms with Crippen LogP contribution in [0.15, 0.2) is 65.9 Å². The van der Waals surface area contributed by atoms with E-state index in [0.29, 0.717) is 18.9 Å². The molecule has 0 radical (unpaired) electrons. The summed E-state index contributed by atoms with van der Waals surface area (Å²) >= 11 is 0. The summed E-state index contributed by atoms with van der Waals surface area (Å²) < 4.78 is 0. The number of fused-ring (bicyclic) bond motifs is 1. The molecule has 2 aromatic carbocycles. The standard InChI is InChI=1S/C27H33N3O2/c1-18(2)16-28-24(32)17-30-22-13-9-8-12-20(22)29-21-14-27(3,4)15-23(31)25(21)26(30)19-10-6-5-7-11-19/h5-13,18,26,29H,14-17H2,1-4H3,(H,28,32)/t26-/m1/s1. The maximum Gasteiger partial charge on any atom is 0.239 e. The van der Waals surface area contributed by atoms with Gasteiger partial charge in [0.1, 0.15) is 0 Å². The van der Waals surface area contributed by atoms with Gasteiger partial charge in [-0.05, 0) is 35.4 Å². The van der Waals surface area contributed by atoms with Crippen LogP contribution < -0.4 is 15.5 Å². The lowest BCUT2D eigenvalue weighted by molar-refractivity contribution is -0.120. The summed E-state index contributed by atoms with van der Waals surface area (Å²) in [7, 11) is 0. The Hall–Kier alpha value is -3.08. The van der Waals surface area contributed by atoms with Crippen molar-refractivity contribution in [2.24, 2.45) is 11.3 Å². The van der Waals surface area contributed by atoms with Crippen LogP contribution in [0.3, 0.4) is 0 Å². The summed E-state index contributed by atoms with van der Waals surface area (Å²) in [6, 6.07) is 17.8. The van der Waals surface area contributed by atoms with Crippen LogP contribution in [0.4, 0.5) is 11.4 Å². The van der Waals surface area contributed by atoms with Gasteiger partial charge in [-0.25, -0.2) is 0 Å². The number of amides is 1. The third-order valence-corrected chi connectivity index (χ3v) is 6.14. The summed E-state index contributed by atoms with van der Waals surface area (Å²) in [5, 5.41) is 6.63. The predicted octanol–water partition coefficient (Wildman–Crippen LogP) is 5.08. The lowest BCUT2D eigenvalue weighted by Crippen LogP contribution is -2.42. The molecule has 32 heavy (non-hydrogen) atoms. The molecule has 0 saturated carbocycles. The van der Waals surface area contributed by atoms with Crippen molar-refractivity contribution in [2.45, 2.75) is 46.6 Å². The number of hydrogen-bond donors (Lipinski definition) is 2. The number of hydrogen-bond acceptors (Lipinski definition) is 4. The third-order valence-electron chi connectivity index (χ3n) is 6.14. The third kappa shape index (κ3) is 4.57. The Morgan fingerprint density at radius 2 is 1.78 bits per heavy atom. The normalized spacial score (nSPS) is 19.7. The maximum absolute atomic E-state index is 13.6. The number of carbonyl (C=O) groups excluding carboxylic acids is 2. The van der Waals surface area contributed by atoms with Crippen LogP contribution in [-0.4, -0.2) is 24.8 Å². The van der Waals surface area contributed by atoms with Crippen LogP contribution in [0.25, 0.3) is 0 Å². The first-order valence-corrected chi connectivity index (χ1v) is 11.5. The van der Waals surface area contributed by atoms with Crippen LogP contribution >= 0.6 is 0 Å². The average Bonchev–Trinajstić information content (AvgIpc) is 2.86. The summed E-state index contributed by atoms with van der Waals surface area (Å²) in [6.07, 6.45) is 1.29. The van der Waals surface area contributed by atoms with E-state index in [9.17, 15) is 9.59 Å². The number of benzene rings is 2. The lowest BCUT2D eigenvalue weighted by atomic mass is 9.73. The highest BCUT2D eigenvalue weighted by molar-refractivity contribution is 6.01. The van der Waals surface area contributed by atoms with Gasteiger partial charge in [0, 0.05) is 24.2 Å². The molecule has 0 bridgehead atoms. The van der Waals surface area contributed by atoms with Gasteiger partial charge in [0.2, 0.25) is 5.91 Å². The van der Waals surface area contributed by atoms with E-state index in [0.717, 1.165) is 34.6 Å². The number of Topliss-reactive ketones (excluding diaryl/α,β-unsaturated/α-hetero) is 1. The second-order valence-corrected chi connectivity index (χ2v) is 10.1. The zero-order valence-corrected chi connectivity index (χ0v) is 19.4. The number of nitrogens with one attached hydrogen (secondary N) is 2. The van der Waals surface area contributed by atoms with Crippen molar-refractivity contribution in [1.82, 2.24) is 5.32 Å². The molecule has 2 aliphatic rings. The van der Waals surface area contributed by atoms with Crippen molar-refractivity contribution in [3.05, 3.63) is 71.4 Å². The molecule has 2 N–H and O–H groups in total. The highest BCUT2D eigenvalue weighted by Crippen LogP contribution is 2.48. The van der Waals surface area contributed by atoms with Gasteiger partial charge >= 0.3 is 0 Å². The molecule has 168 valence electrons. The van der Waals surface area contributed by atoms with Gasteiger partial charge in [0.05, 0.1) is 24.0 Å². The van der Waals surface area contributed by atoms with E-state index >= 15 is 0 Å². The minimum absolute atomic E-state index is 0.0397. The number of nitrogens with zero attached hydrogens (tertiary/aromatic N) is 1. The molecule has 4 rings (SSSR count). The quantitative estimate of drug-likeness (QED) is 0.693. The molecule has 0 unspecified atom stereocenters. The van der Waals surface area contributed by atoms with Crippen LogP contribution in [0.5, 0.6) is 0 Å². The Bertz CT molecular complexity index is 1040. The molecule has 5 nitrogen and oxygen atoms in total. The molecule has 1 amide bonds. The zero-order chi connectivity index (χ0) is 22.9. The Labute approximate surface area is 190 Å². The largest absolute Gasteiger partial charge is 0.357 e. The van der Waals surface area contributed by atoms with E-state index in [1.165, 1.54) is 0 Å². The average molecular weight is 432 g/mol. The lowest BCUT2D eigenvalue weighted by Gasteiger charge is -2.37. The number of ketones is 1. The highest BCUT2D eigenvalue weighted by atomic mass is 16.2. The minimum Gasteiger partial charge on any atom is -0.357 e. The second-order valence-electron chi connectivity index (χ2n) is 10.1. The van der Waals surface area contributed by atoms with E-state index in [4.69, 9.17) is 0 Å². The maximum atomic E-state index is 13.6. The van der Waals surface area contributed by atoms with Crippen LogP contribution in [-0.2, 0) is 9.59 Å². The SMILES string of the molecule is CC(C)CNC(=O)CN1c2ccccc2NC2=C(C(=O)CC(C)(C)C2)[C@H]1c1ccccc1. The van der Waals surface area contributed by atoms with E-state index in [-0.39, 0.29) is 29.7 Å². The molecule has 0 fully saturated rings. The van der Waals surface area contributed by atoms with E-state index in [2.05, 4.69) is 55.4 Å². The molecular formula is C27H33N3O2. The van der Waals surface area contributed by atoms with Crippen LogP contribution in [0, 0.1) is 11.3 Å². The van der Waals surface area contributed by atoms with Crippen molar-refractivity contribution < 1.29 is 9.59 Å². The number of para-hydroxylation sites is 2. The van der Waals surface area contributed by atoms with Crippen LogP contribution in [0.1, 0.15) is 52.1 Å². The number of allylic oxidation sites excluding steroid dienone is 1. The van der Waals surface area contributed by atoms with Gasteiger partial charge in [-0.1, -0.05) is 70.2 Å². The van der Waals surface area contributed by atoms with E-state index in [1.54, 1.807) is 0 Å². The Morgan fingerprint density at radius 3 is 2.50 bits per heavy atom. The van der Waals surface area contributed by atoms with Crippen molar-refractivity contribution in [3.63, 3.8) is 0 Å².